The Bertz CT molecular complexity index is 673. The summed E-state index contributed by atoms with van der Waals surface area (Å²) in [4.78, 5) is 24.9. The molecule has 1 aliphatic heterocycles. The van der Waals surface area contributed by atoms with E-state index in [0.29, 0.717) is 16.3 Å². The van der Waals surface area contributed by atoms with Gasteiger partial charge in [0.15, 0.2) is 0 Å². The highest BCUT2D eigenvalue weighted by Gasteiger charge is 2.33. The van der Waals surface area contributed by atoms with Crippen molar-refractivity contribution in [3.63, 3.8) is 0 Å². The molecule has 0 spiro atoms. The zero-order chi connectivity index (χ0) is 17.8. The van der Waals surface area contributed by atoms with Crippen molar-refractivity contribution in [2.75, 3.05) is 0 Å². The molecule has 0 bridgehead atoms. The number of carbonyl (C=O) groups is 2. The molecule has 1 amide bonds. The summed E-state index contributed by atoms with van der Waals surface area (Å²) >= 11 is 5.97. The van der Waals surface area contributed by atoms with Crippen LogP contribution in [0.2, 0.25) is 5.02 Å². The predicted molar refractivity (Wildman–Crippen MR) is 97.2 cm³/mol. The Balaban J connectivity index is 1.83. The molecule has 1 atom stereocenters. The highest BCUT2D eigenvalue weighted by Crippen LogP contribution is 2.34. The van der Waals surface area contributed by atoms with E-state index in [-0.39, 0.29) is 30.3 Å². The van der Waals surface area contributed by atoms with Crippen LogP contribution in [-0.2, 0) is 14.3 Å². The van der Waals surface area contributed by atoms with Gasteiger partial charge in [0.05, 0.1) is 5.57 Å². The van der Waals surface area contributed by atoms with E-state index in [1.807, 2.05) is 12.1 Å². The van der Waals surface area contributed by atoms with Crippen molar-refractivity contribution in [3.05, 3.63) is 46.1 Å². The Hall–Kier alpha value is -1.81. The number of allylic oxidation sites excluding steroid dienone is 1. The van der Waals surface area contributed by atoms with Gasteiger partial charge in [0.1, 0.15) is 6.10 Å². The van der Waals surface area contributed by atoms with Crippen LogP contribution >= 0.6 is 11.6 Å². The fourth-order valence-electron chi connectivity index (χ4n) is 3.73. The first-order valence-corrected chi connectivity index (χ1v) is 9.39. The minimum atomic E-state index is -0.302. The molecule has 3 rings (SSSR count). The van der Waals surface area contributed by atoms with Gasteiger partial charge in [0.2, 0.25) is 5.91 Å². The van der Waals surface area contributed by atoms with E-state index in [0.717, 1.165) is 31.2 Å². The maximum absolute atomic E-state index is 12.9. The number of esters is 1. The summed E-state index contributed by atoms with van der Waals surface area (Å²) in [6.07, 6.45) is 6.71. The van der Waals surface area contributed by atoms with Gasteiger partial charge in [0.25, 0.3) is 0 Å². The van der Waals surface area contributed by atoms with Crippen LogP contribution in [0.3, 0.4) is 0 Å². The van der Waals surface area contributed by atoms with E-state index in [1.165, 1.54) is 12.8 Å². The summed E-state index contributed by atoms with van der Waals surface area (Å²) in [5.41, 5.74) is 2.06. The lowest BCUT2D eigenvalue weighted by Crippen LogP contribution is -2.35. The predicted octanol–water partition coefficient (Wildman–Crippen LogP) is 4.48. The molecule has 1 aliphatic carbocycles. The van der Waals surface area contributed by atoms with Gasteiger partial charge in [-0.25, -0.2) is 4.79 Å². The fraction of sp³-hybridized carbons (Fsp3) is 0.500. The number of nitrogens with one attached hydrogen (secondary N) is 1. The van der Waals surface area contributed by atoms with E-state index in [9.17, 15) is 9.59 Å². The Morgan fingerprint density at radius 3 is 2.40 bits per heavy atom. The third kappa shape index (κ3) is 4.43. The minimum absolute atomic E-state index is 0.0150. The number of ether oxygens (including phenoxy) is 1. The molecule has 1 N–H and O–H groups in total. The highest BCUT2D eigenvalue weighted by molar-refractivity contribution is 6.30. The van der Waals surface area contributed by atoms with Gasteiger partial charge in [-0.05, 0) is 50.3 Å². The smallest absolute Gasteiger partial charge is 0.336 e. The van der Waals surface area contributed by atoms with Crippen molar-refractivity contribution in [1.82, 2.24) is 5.32 Å². The second-order valence-electron chi connectivity index (χ2n) is 6.91. The van der Waals surface area contributed by atoms with E-state index in [1.54, 1.807) is 19.1 Å². The largest absolute Gasteiger partial charge is 0.459 e. The molecule has 1 fully saturated rings. The molecule has 1 aromatic carbocycles. The number of benzene rings is 1. The summed E-state index contributed by atoms with van der Waals surface area (Å²) in [7, 11) is 0. The molecule has 2 aliphatic rings. The quantitative estimate of drug-likeness (QED) is 0.637. The van der Waals surface area contributed by atoms with Gasteiger partial charge in [-0.2, -0.15) is 0 Å². The molecule has 4 nitrogen and oxygen atoms in total. The minimum Gasteiger partial charge on any atom is -0.459 e. The Morgan fingerprint density at radius 1 is 1.12 bits per heavy atom. The summed E-state index contributed by atoms with van der Waals surface area (Å²) < 4.78 is 5.82. The average molecular weight is 362 g/mol. The second-order valence-corrected chi connectivity index (χ2v) is 7.35. The highest BCUT2D eigenvalue weighted by atomic mass is 35.5. The van der Waals surface area contributed by atoms with Crippen molar-refractivity contribution in [1.29, 1.82) is 0 Å². The van der Waals surface area contributed by atoms with Crippen LogP contribution < -0.4 is 5.32 Å². The molecular formula is C20H24ClNO3. The van der Waals surface area contributed by atoms with Gasteiger partial charge in [0, 0.05) is 23.1 Å². The number of halogens is 1. The van der Waals surface area contributed by atoms with Crippen LogP contribution in [0.5, 0.6) is 0 Å². The number of rotatable bonds is 3. The fourth-order valence-corrected chi connectivity index (χ4v) is 3.85. The summed E-state index contributed by atoms with van der Waals surface area (Å²) in [5, 5.41) is 3.42. The first kappa shape index (κ1) is 18.0. The molecule has 0 aromatic heterocycles. The lowest BCUT2D eigenvalue weighted by molar-refractivity contribution is -0.145. The van der Waals surface area contributed by atoms with Crippen LogP contribution in [0.1, 0.15) is 63.4 Å². The van der Waals surface area contributed by atoms with Gasteiger partial charge in [-0.1, -0.05) is 36.6 Å². The van der Waals surface area contributed by atoms with E-state index >= 15 is 0 Å². The summed E-state index contributed by atoms with van der Waals surface area (Å²) in [6, 6.07) is 7.32. The summed E-state index contributed by atoms with van der Waals surface area (Å²) in [5.74, 6) is -0.669. The molecule has 0 radical (unpaired) electrons. The van der Waals surface area contributed by atoms with Crippen LogP contribution in [0.4, 0.5) is 0 Å². The summed E-state index contributed by atoms with van der Waals surface area (Å²) in [6.45, 7) is 1.77. The average Bonchev–Trinajstić information content (AvgIpc) is 2.83. The van der Waals surface area contributed by atoms with Crippen molar-refractivity contribution in [3.8, 4) is 0 Å². The number of hydrogen-bond donors (Lipinski definition) is 1. The van der Waals surface area contributed by atoms with E-state index in [4.69, 9.17) is 16.3 Å². The molecule has 1 aromatic rings. The first-order chi connectivity index (χ1) is 12.0. The van der Waals surface area contributed by atoms with E-state index in [2.05, 4.69) is 5.32 Å². The van der Waals surface area contributed by atoms with Gasteiger partial charge in [-0.15, -0.1) is 0 Å². The number of carbonyl (C=O) groups excluding carboxylic acids is 2. The number of amides is 1. The van der Waals surface area contributed by atoms with Crippen LogP contribution in [0, 0.1) is 0 Å². The standard InChI is InChI=1S/C20H24ClNO3/c1-13-19(20(24)25-16-6-4-2-3-5-7-16)17(12-18(23)22-13)14-8-10-15(21)11-9-14/h8-11,16-17H,2-7,12H2,1H3,(H,22,23). The van der Waals surface area contributed by atoms with Crippen molar-refractivity contribution >= 4 is 23.5 Å². The normalized spacial score (nSPS) is 22.3. The topological polar surface area (TPSA) is 55.4 Å². The molecule has 0 saturated heterocycles. The zero-order valence-electron chi connectivity index (χ0n) is 14.5. The third-order valence-electron chi connectivity index (χ3n) is 5.04. The SMILES string of the molecule is CC1=C(C(=O)OC2CCCCCC2)C(c2ccc(Cl)cc2)CC(=O)N1. The first-order valence-electron chi connectivity index (χ1n) is 9.01. The number of hydrogen-bond acceptors (Lipinski definition) is 3. The molecular weight excluding hydrogens is 338 g/mol. The zero-order valence-corrected chi connectivity index (χ0v) is 15.3. The lowest BCUT2D eigenvalue weighted by atomic mass is 9.84. The van der Waals surface area contributed by atoms with Gasteiger partial charge in [-0.3, -0.25) is 4.79 Å². The van der Waals surface area contributed by atoms with Crippen molar-refractivity contribution < 1.29 is 14.3 Å². The molecule has 25 heavy (non-hydrogen) atoms. The van der Waals surface area contributed by atoms with Crippen LogP contribution in [-0.4, -0.2) is 18.0 Å². The monoisotopic (exact) mass is 361 g/mol. The Labute approximate surface area is 153 Å². The van der Waals surface area contributed by atoms with Crippen molar-refractivity contribution in [2.45, 2.75) is 63.9 Å². The Morgan fingerprint density at radius 2 is 1.76 bits per heavy atom. The van der Waals surface area contributed by atoms with Crippen LogP contribution in [0.25, 0.3) is 0 Å². The molecule has 1 heterocycles. The van der Waals surface area contributed by atoms with Gasteiger partial charge < -0.3 is 10.1 Å². The maximum Gasteiger partial charge on any atom is 0.336 e. The second kappa shape index (κ2) is 8.05. The molecule has 1 saturated carbocycles. The van der Waals surface area contributed by atoms with Crippen LogP contribution in [0.15, 0.2) is 35.5 Å². The van der Waals surface area contributed by atoms with Crippen molar-refractivity contribution in [2.24, 2.45) is 0 Å². The molecule has 1 unspecified atom stereocenters. The molecule has 5 heteroatoms. The van der Waals surface area contributed by atoms with Gasteiger partial charge >= 0.3 is 5.97 Å². The third-order valence-corrected chi connectivity index (χ3v) is 5.29. The lowest BCUT2D eigenvalue weighted by Gasteiger charge is -2.28. The maximum atomic E-state index is 12.9. The molecule has 134 valence electrons. The Kier molecular flexibility index (Phi) is 5.79. The van der Waals surface area contributed by atoms with E-state index < -0.39 is 0 Å².